The molecular formula is C14H30IN3O. The Kier molecular flexibility index (Phi) is 8.98. The monoisotopic (exact) mass is 383 g/mol. The molecule has 1 aliphatic heterocycles. The van der Waals surface area contributed by atoms with E-state index in [0.717, 1.165) is 25.7 Å². The Labute approximate surface area is 135 Å². The minimum atomic E-state index is 0. The zero-order chi connectivity index (χ0) is 13.6. The maximum Gasteiger partial charge on any atom is 0.190 e. The van der Waals surface area contributed by atoms with Gasteiger partial charge in [-0.1, -0.05) is 20.8 Å². The van der Waals surface area contributed by atoms with Crippen molar-refractivity contribution in [2.24, 2.45) is 16.3 Å². The first-order valence-electron chi connectivity index (χ1n) is 7.05. The lowest BCUT2D eigenvalue weighted by Gasteiger charge is -2.40. The highest BCUT2D eigenvalue weighted by Gasteiger charge is 2.35. The number of nitrogens with zero attached hydrogens (tertiary/aromatic N) is 1. The van der Waals surface area contributed by atoms with Crippen LogP contribution in [0.15, 0.2) is 4.99 Å². The molecule has 2 N–H and O–H groups in total. The van der Waals surface area contributed by atoms with E-state index in [1.165, 1.54) is 12.8 Å². The van der Waals surface area contributed by atoms with Gasteiger partial charge in [0.15, 0.2) is 5.96 Å². The van der Waals surface area contributed by atoms with Crippen LogP contribution in [-0.4, -0.2) is 38.8 Å². The highest BCUT2D eigenvalue weighted by Crippen LogP contribution is 2.33. The summed E-state index contributed by atoms with van der Waals surface area (Å²) in [6.45, 7) is 11.6. The predicted octanol–water partition coefficient (Wildman–Crippen LogP) is 2.63. The van der Waals surface area contributed by atoms with E-state index < -0.39 is 0 Å². The van der Waals surface area contributed by atoms with Crippen LogP contribution in [0, 0.1) is 11.3 Å². The van der Waals surface area contributed by atoms with Gasteiger partial charge < -0.3 is 15.4 Å². The van der Waals surface area contributed by atoms with Crippen LogP contribution in [0.25, 0.3) is 0 Å². The van der Waals surface area contributed by atoms with Gasteiger partial charge in [-0.15, -0.1) is 24.0 Å². The van der Waals surface area contributed by atoms with Gasteiger partial charge in [0.2, 0.25) is 0 Å². The largest absolute Gasteiger partial charge is 0.377 e. The smallest absolute Gasteiger partial charge is 0.190 e. The Bertz CT molecular complexity index is 276. The third kappa shape index (κ3) is 6.29. The molecule has 1 rings (SSSR count). The van der Waals surface area contributed by atoms with Crippen LogP contribution in [0.1, 0.15) is 40.5 Å². The lowest BCUT2D eigenvalue weighted by Crippen LogP contribution is -2.47. The third-order valence-corrected chi connectivity index (χ3v) is 3.40. The number of rotatable bonds is 3. The van der Waals surface area contributed by atoms with Crippen molar-refractivity contribution in [3.05, 3.63) is 0 Å². The van der Waals surface area contributed by atoms with Crippen molar-refractivity contribution in [1.82, 2.24) is 10.6 Å². The lowest BCUT2D eigenvalue weighted by molar-refractivity contribution is -0.0835. The average Bonchev–Trinajstić information content (AvgIpc) is 2.33. The molecule has 2 atom stereocenters. The van der Waals surface area contributed by atoms with Crippen molar-refractivity contribution in [3.8, 4) is 0 Å². The van der Waals surface area contributed by atoms with E-state index in [2.05, 4.69) is 43.3 Å². The molecule has 1 saturated heterocycles. The second kappa shape index (κ2) is 9.00. The molecular weight excluding hydrogens is 353 g/mol. The van der Waals surface area contributed by atoms with Gasteiger partial charge in [-0.2, -0.15) is 0 Å². The van der Waals surface area contributed by atoms with E-state index in [1.807, 2.05) is 7.05 Å². The molecule has 114 valence electrons. The van der Waals surface area contributed by atoms with Crippen molar-refractivity contribution in [3.63, 3.8) is 0 Å². The topological polar surface area (TPSA) is 45.7 Å². The zero-order valence-corrected chi connectivity index (χ0v) is 15.3. The Hall–Kier alpha value is -0.0400. The second-order valence-corrected chi connectivity index (χ2v) is 6.04. The maximum absolute atomic E-state index is 5.98. The standard InChI is InChI=1S/C14H29N3O.HI/c1-6-16-13(15-5)17-10-11-8-7-9-18-12(11)14(2,3)4;/h11-12H,6-10H2,1-5H3,(H2,15,16,17);1H. The quantitative estimate of drug-likeness (QED) is 0.448. The van der Waals surface area contributed by atoms with Crippen LogP contribution in [0.5, 0.6) is 0 Å². The molecule has 0 saturated carbocycles. The fourth-order valence-electron chi connectivity index (χ4n) is 2.63. The fourth-order valence-corrected chi connectivity index (χ4v) is 2.63. The highest BCUT2D eigenvalue weighted by molar-refractivity contribution is 14.0. The van der Waals surface area contributed by atoms with Gasteiger partial charge in [0.05, 0.1) is 6.10 Å². The van der Waals surface area contributed by atoms with Gasteiger partial charge in [0.1, 0.15) is 0 Å². The lowest BCUT2D eigenvalue weighted by atomic mass is 9.78. The van der Waals surface area contributed by atoms with Crippen LogP contribution in [-0.2, 0) is 4.74 Å². The van der Waals surface area contributed by atoms with Gasteiger partial charge in [-0.3, -0.25) is 4.99 Å². The van der Waals surface area contributed by atoms with Gasteiger partial charge >= 0.3 is 0 Å². The van der Waals surface area contributed by atoms with Crippen molar-refractivity contribution >= 4 is 29.9 Å². The number of guanidine groups is 1. The van der Waals surface area contributed by atoms with Gasteiger partial charge in [0, 0.05) is 32.7 Å². The SMILES string of the molecule is CCNC(=NC)NCC1CCCOC1C(C)(C)C.I. The summed E-state index contributed by atoms with van der Waals surface area (Å²) in [5.74, 6) is 1.45. The minimum Gasteiger partial charge on any atom is -0.377 e. The summed E-state index contributed by atoms with van der Waals surface area (Å²) in [4.78, 5) is 4.20. The molecule has 0 aromatic rings. The normalized spacial score (nSPS) is 24.6. The molecule has 0 radical (unpaired) electrons. The molecule has 1 heterocycles. The Balaban J connectivity index is 0.00000324. The number of nitrogens with one attached hydrogen (secondary N) is 2. The molecule has 0 aliphatic carbocycles. The molecule has 1 fully saturated rings. The van der Waals surface area contributed by atoms with Gasteiger partial charge in [-0.05, 0) is 25.2 Å². The maximum atomic E-state index is 5.98. The van der Waals surface area contributed by atoms with Crippen LogP contribution in [0.4, 0.5) is 0 Å². The third-order valence-electron chi connectivity index (χ3n) is 3.40. The minimum absolute atomic E-state index is 0. The van der Waals surface area contributed by atoms with Crippen LogP contribution < -0.4 is 10.6 Å². The number of hydrogen-bond donors (Lipinski definition) is 2. The molecule has 0 bridgehead atoms. The number of ether oxygens (including phenoxy) is 1. The first-order chi connectivity index (χ1) is 8.49. The first kappa shape index (κ1) is 19.0. The average molecular weight is 383 g/mol. The van der Waals surface area contributed by atoms with Crippen LogP contribution >= 0.6 is 24.0 Å². The number of hydrogen-bond acceptors (Lipinski definition) is 2. The van der Waals surface area contributed by atoms with Gasteiger partial charge in [-0.25, -0.2) is 0 Å². The summed E-state index contributed by atoms with van der Waals surface area (Å²) in [6, 6.07) is 0. The number of halogens is 1. The summed E-state index contributed by atoms with van der Waals surface area (Å²) in [6.07, 6.45) is 2.73. The highest BCUT2D eigenvalue weighted by atomic mass is 127. The summed E-state index contributed by atoms with van der Waals surface area (Å²) in [5.41, 5.74) is 0.203. The van der Waals surface area contributed by atoms with Crippen molar-refractivity contribution < 1.29 is 4.74 Å². The molecule has 0 amide bonds. The van der Waals surface area contributed by atoms with Crippen LogP contribution in [0.3, 0.4) is 0 Å². The van der Waals surface area contributed by atoms with E-state index in [1.54, 1.807) is 0 Å². The molecule has 0 aromatic carbocycles. The van der Waals surface area contributed by atoms with E-state index in [4.69, 9.17) is 4.74 Å². The summed E-state index contributed by atoms with van der Waals surface area (Å²) in [5, 5.41) is 6.62. The predicted molar refractivity (Wildman–Crippen MR) is 92.4 cm³/mol. The molecule has 4 nitrogen and oxygen atoms in total. The molecule has 19 heavy (non-hydrogen) atoms. The molecule has 0 spiro atoms. The molecule has 1 aliphatic rings. The number of aliphatic imine (C=N–C) groups is 1. The molecule has 5 heteroatoms. The van der Waals surface area contributed by atoms with E-state index in [0.29, 0.717) is 12.0 Å². The Morgan fingerprint density at radius 1 is 1.32 bits per heavy atom. The zero-order valence-electron chi connectivity index (χ0n) is 13.0. The van der Waals surface area contributed by atoms with E-state index >= 15 is 0 Å². The summed E-state index contributed by atoms with van der Waals surface area (Å²) in [7, 11) is 1.81. The summed E-state index contributed by atoms with van der Waals surface area (Å²) < 4.78 is 5.98. The second-order valence-electron chi connectivity index (χ2n) is 6.04. The van der Waals surface area contributed by atoms with E-state index in [9.17, 15) is 0 Å². The van der Waals surface area contributed by atoms with Gasteiger partial charge in [0.25, 0.3) is 0 Å². The summed E-state index contributed by atoms with van der Waals surface area (Å²) >= 11 is 0. The molecule has 0 aromatic heterocycles. The molecule has 2 unspecified atom stereocenters. The fraction of sp³-hybridized carbons (Fsp3) is 0.929. The first-order valence-corrected chi connectivity index (χ1v) is 7.05. The Morgan fingerprint density at radius 2 is 2.00 bits per heavy atom. The van der Waals surface area contributed by atoms with E-state index in [-0.39, 0.29) is 29.4 Å². The van der Waals surface area contributed by atoms with Crippen LogP contribution in [0.2, 0.25) is 0 Å². The Morgan fingerprint density at radius 3 is 2.53 bits per heavy atom. The van der Waals surface area contributed by atoms with Crippen molar-refractivity contribution in [1.29, 1.82) is 0 Å². The van der Waals surface area contributed by atoms with Crippen molar-refractivity contribution in [2.75, 3.05) is 26.7 Å². The van der Waals surface area contributed by atoms with Crippen molar-refractivity contribution in [2.45, 2.75) is 46.6 Å².